The van der Waals surface area contributed by atoms with Crippen molar-refractivity contribution in [1.82, 2.24) is 5.32 Å². The monoisotopic (exact) mass is 396 g/mol. The molecule has 0 spiro atoms. The normalized spacial score (nSPS) is 11.6. The largest absolute Gasteiger partial charge is 0.497 e. The van der Waals surface area contributed by atoms with Gasteiger partial charge in [-0.05, 0) is 52.2 Å². The zero-order valence-electron chi connectivity index (χ0n) is 16.8. The van der Waals surface area contributed by atoms with Gasteiger partial charge in [-0.25, -0.2) is 0 Å². The van der Waals surface area contributed by atoms with Crippen LogP contribution in [0.1, 0.15) is 17.2 Å². The first kappa shape index (κ1) is 19.5. The van der Waals surface area contributed by atoms with Crippen molar-refractivity contribution in [1.29, 1.82) is 0 Å². The summed E-state index contributed by atoms with van der Waals surface area (Å²) >= 11 is 0. The molecule has 0 aliphatic rings. The van der Waals surface area contributed by atoms with Gasteiger partial charge in [0, 0.05) is 12.2 Å². The summed E-state index contributed by atoms with van der Waals surface area (Å²) in [6.45, 7) is 0.480. The lowest BCUT2D eigenvalue weighted by molar-refractivity contribution is -0.122. The summed E-state index contributed by atoms with van der Waals surface area (Å²) in [5.41, 5.74) is 2.83. The number of carbonyl (C=O) groups excluding carboxylic acids is 1. The molecule has 30 heavy (non-hydrogen) atoms. The summed E-state index contributed by atoms with van der Waals surface area (Å²) < 4.78 is 5.23. The molecule has 0 fully saturated rings. The minimum absolute atomic E-state index is 0.0787. The first-order chi connectivity index (χ1) is 14.7. The second kappa shape index (κ2) is 9.14. The van der Waals surface area contributed by atoms with Crippen molar-refractivity contribution in [2.24, 2.45) is 0 Å². The van der Waals surface area contributed by atoms with Crippen molar-refractivity contribution < 1.29 is 9.53 Å². The summed E-state index contributed by atoms with van der Waals surface area (Å²) in [5, 5.41) is 8.69. The second-order valence-corrected chi connectivity index (χ2v) is 7.12. The molecule has 0 aliphatic carbocycles. The Labute approximate surface area is 176 Å². The molecular formula is C26H24N2O2. The van der Waals surface area contributed by atoms with Gasteiger partial charge < -0.3 is 15.4 Å². The van der Waals surface area contributed by atoms with Crippen molar-refractivity contribution in [3.63, 3.8) is 0 Å². The number of carbonyl (C=O) groups is 1. The van der Waals surface area contributed by atoms with Crippen LogP contribution < -0.4 is 15.4 Å². The molecule has 0 radical (unpaired) electrons. The van der Waals surface area contributed by atoms with Crippen molar-refractivity contribution >= 4 is 22.4 Å². The van der Waals surface area contributed by atoms with E-state index in [1.165, 1.54) is 0 Å². The predicted molar refractivity (Wildman–Crippen MR) is 122 cm³/mol. The molecule has 0 aliphatic heterocycles. The highest BCUT2D eigenvalue weighted by molar-refractivity contribution is 5.89. The van der Waals surface area contributed by atoms with Crippen LogP contribution in [-0.4, -0.2) is 13.0 Å². The second-order valence-electron chi connectivity index (χ2n) is 7.12. The third kappa shape index (κ3) is 4.61. The van der Waals surface area contributed by atoms with Crippen LogP contribution in [0.15, 0.2) is 97.1 Å². The molecule has 2 N–H and O–H groups in total. The van der Waals surface area contributed by atoms with Gasteiger partial charge >= 0.3 is 0 Å². The molecule has 1 amide bonds. The summed E-state index contributed by atoms with van der Waals surface area (Å²) in [7, 11) is 1.64. The van der Waals surface area contributed by atoms with Crippen LogP contribution in [-0.2, 0) is 11.3 Å². The van der Waals surface area contributed by atoms with Crippen LogP contribution in [0.5, 0.6) is 5.75 Å². The SMILES string of the molecule is COc1ccc(NC(C(=O)NCc2ccccc2)c2ccc3ccccc3c2)cc1. The summed E-state index contributed by atoms with van der Waals surface area (Å²) in [6.07, 6.45) is 0. The molecule has 4 nitrogen and oxygen atoms in total. The number of methoxy groups -OCH3 is 1. The highest BCUT2D eigenvalue weighted by atomic mass is 16.5. The van der Waals surface area contributed by atoms with Gasteiger partial charge in [0.25, 0.3) is 0 Å². The van der Waals surface area contributed by atoms with Crippen molar-refractivity contribution in [3.05, 3.63) is 108 Å². The van der Waals surface area contributed by atoms with Crippen LogP contribution in [0, 0.1) is 0 Å². The van der Waals surface area contributed by atoms with Gasteiger partial charge in [-0.2, -0.15) is 0 Å². The number of nitrogens with one attached hydrogen (secondary N) is 2. The Kier molecular flexibility index (Phi) is 5.95. The number of hydrogen-bond donors (Lipinski definition) is 2. The Morgan fingerprint density at radius 3 is 2.27 bits per heavy atom. The van der Waals surface area contributed by atoms with E-state index in [0.29, 0.717) is 6.54 Å². The molecule has 4 heteroatoms. The molecule has 4 aromatic rings. The highest BCUT2D eigenvalue weighted by Gasteiger charge is 2.21. The van der Waals surface area contributed by atoms with Gasteiger partial charge in [0.2, 0.25) is 5.91 Å². The van der Waals surface area contributed by atoms with Gasteiger partial charge in [-0.1, -0.05) is 66.7 Å². The van der Waals surface area contributed by atoms with Crippen LogP contribution in [0.3, 0.4) is 0 Å². The quantitative estimate of drug-likeness (QED) is 0.445. The zero-order valence-corrected chi connectivity index (χ0v) is 16.8. The number of benzene rings is 4. The maximum atomic E-state index is 13.2. The van der Waals surface area contributed by atoms with E-state index in [0.717, 1.165) is 33.3 Å². The number of rotatable bonds is 7. The maximum Gasteiger partial charge on any atom is 0.247 e. The van der Waals surface area contributed by atoms with Crippen LogP contribution in [0.4, 0.5) is 5.69 Å². The van der Waals surface area contributed by atoms with Gasteiger partial charge in [0.1, 0.15) is 11.8 Å². The van der Waals surface area contributed by atoms with E-state index in [9.17, 15) is 4.79 Å². The fourth-order valence-corrected chi connectivity index (χ4v) is 3.43. The molecule has 1 unspecified atom stereocenters. The van der Waals surface area contributed by atoms with Crippen molar-refractivity contribution in [2.75, 3.05) is 12.4 Å². The fourth-order valence-electron chi connectivity index (χ4n) is 3.43. The van der Waals surface area contributed by atoms with Crippen LogP contribution in [0.2, 0.25) is 0 Å². The Balaban J connectivity index is 1.61. The van der Waals surface area contributed by atoms with Crippen LogP contribution >= 0.6 is 0 Å². The lowest BCUT2D eigenvalue weighted by Crippen LogP contribution is -2.33. The summed E-state index contributed by atoms with van der Waals surface area (Å²) in [6, 6.07) is 31.3. The van der Waals surface area contributed by atoms with Crippen LogP contribution in [0.25, 0.3) is 10.8 Å². The minimum Gasteiger partial charge on any atom is -0.497 e. The molecule has 0 aromatic heterocycles. The third-order valence-corrected chi connectivity index (χ3v) is 5.08. The predicted octanol–water partition coefficient (Wildman–Crippen LogP) is 5.32. The maximum absolute atomic E-state index is 13.2. The van der Waals surface area contributed by atoms with Crippen molar-refractivity contribution in [3.8, 4) is 5.75 Å². The van der Waals surface area contributed by atoms with E-state index in [2.05, 4.69) is 34.9 Å². The first-order valence-corrected chi connectivity index (χ1v) is 9.94. The molecular weight excluding hydrogens is 372 g/mol. The van der Waals surface area contributed by atoms with Gasteiger partial charge in [0.15, 0.2) is 0 Å². The summed E-state index contributed by atoms with van der Waals surface area (Å²) in [5.74, 6) is 0.696. The molecule has 1 atom stereocenters. The van der Waals surface area contributed by atoms with E-state index in [1.54, 1.807) is 7.11 Å². The van der Waals surface area contributed by atoms with Gasteiger partial charge in [-0.3, -0.25) is 4.79 Å². The highest BCUT2D eigenvalue weighted by Crippen LogP contribution is 2.25. The van der Waals surface area contributed by atoms with E-state index in [-0.39, 0.29) is 5.91 Å². The molecule has 0 saturated heterocycles. The Morgan fingerprint density at radius 1 is 0.833 bits per heavy atom. The Bertz CT molecular complexity index is 1120. The number of fused-ring (bicyclic) bond motifs is 1. The lowest BCUT2D eigenvalue weighted by atomic mass is 10.0. The zero-order chi connectivity index (χ0) is 20.8. The molecule has 150 valence electrons. The molecule has 0 heterocycles. The minimum atomic E-state index is -0.522. The Morgan fingerprint density at radius 2 is 1.53 bits per heavy atom. The van der Waals surface area contributed by atoms with Crippen molar-refractivity contribution in [2.45, 2.75) is 12.6 Å². The first-order valence-electron chi connectivity index (χ1n) is 9.94. The third-order valence-electron chi connectivity index (χ3n) is 5.08. The Hall–Kier alpha value is -3.79. The molecule has 4 rings (SSSR count). The number of ether oxygens (including phenoxy) is 1. The standard InChI is InChI=1S/C26H24N2O2/c1-30-24-15-13-23(14-16-24)28-25(26(29)27-18-19-7-3-2-4-8-19)22-12-11-20-9-5-6-10-21(20)17-22/h2-17,25,28H,18H2,1H3,(H,27,29). The number of amides is 1. The molecule has 4 aromatic carbocycles. The molecule has 0 bridgehead atoms. The van der Waals surface area contributed by atoms with Gasteiger partial charge in [-0.15, -0.1) is 0 Å². The fraction of sp³-hybridized carbons (Fsp3) is 0.115. The topological polar surface area (TPSA) is 50.4 Å². The molecule has 0 saturated carbocycles. The van der Waals surface area contributed by atoms with E-state index in [1.807, 2.05) is 72.8 Å². The van der Waals surface area contributed by atoms with E-state index in [4.69, 9.17) is 4.74 Å². The average Bonchev–Trinajstić information content (AvgIpc) is 2.81. The van der Waals surface area contributed by atoms with E-state index >= 15 is 0 Å². The smallest absolute Gasteiger partial charge is 0.247 e. The lowest BCUT2D eigenvalue weighted by Gasteiger charge is -2.21. The average molecular weight is 396 g/mol. The number of hydrogen-bond acceptors (Lipinski definition) is 3. The van der Waals surface area contributed by atoms with E-state index < -0.39 is 6.04 Å². The summed E-state index contributed by atoms with van der Waals surface area (Å²) in [4.78, 5) is 13.2. The number of anilines is 1. The van der Waals surface area contributed by atoms with Gasteiger partial charge in [0.05, 0.1) is 7.11 Å².